The fourth-order valence-corrected chi connectivity index (χ4v) is 2.21. The number of hydrogen-bond donors (Lipinski definition) is 1. The maximum Gasteiger partial charge on any atom is 0.258 e. The van der Waals surface area contributed by atoms with E-state index in [1.807, 2.05) is 0 Å². The summed E-state index contributed by atoms with van der Waals surface area (Å²) in [6, 6.07) is 7.50. The van der Waals surface area contributed by atoms with Gasteiger partial charge in [-0.15, -0.1) is 0 Å². The van der Waals surface area contributed by atoms with Crippen LogP contribution in [0.25, 0.3) is 0 Å². The average molecular weight is 308 g/mol. The lowest BCUT2D eigenvalue weighted by atomic mass is 10.1. The number of aryl methyl sites for hydroxylation is 1. The van der Waals surface area contributed by atoms with Crippen LogP contribution in [-0.4, -0.2) is 12.7 Å². The highest BCUT2D eigenvalue weighted by molar-refractivity contribution is 6.34. The fourth-order valence-electron chi connectivity index (χ4n) is 2.01. The third-order valence-corrected chi connectivity index (χ3v) is 3.39. The predicted octanol–water partition coefficient (Wildman–Crippen LogP) is 3.77. The van der Waals surface area contributed by atoms with E-state index in [0.29, 0.717) is 22.2 Å². The Kier molecular flexibility index (Phi) is 3.43. The molecule has 0 aliphatic carbocycles. The van der Waals surface area contributed by atoms with Gasteiger partial charge in [0.15, 0.2) is 11.5 Å². The van der Waals surface area contributed by atoms with Gasteiger partial charge < -0.3 is 14.8 Å². The Bertz CT molecular complexity index is 733. The van der Waals surface area contributed by atoms with E-state index in [2.05, 4.69) is 5.32 Å². The lowest BCUT2D eigenvalue weighted by Crippen LogP contribution is -2.14. The maximum absolute atomic E-state index is 13.8. The van der Waals surface area contributed by atoms with Crippen molar-refractivity contribution in [1.29, 1.82) is 0 Å². The van der Waals surface area contributed by atoms with Crippen LogP contribution >= 0.6 is 11.6 Å². The number of hydrogen-bond acceptors (Lipinski definition) is 3. The molecule has 0 bridgehead atoms. The third-order valence-electron chi connectivity index (χ3n) is 3.08. The van der Waals surface area contributed by atoms with Crippen molar-refractivity contribution in [3.05, 3.63) is 52.3 Å². The van der Waals surface area contributed by atoms with Crippen LogP contribution in [0.2, 0.25) is 5.02 Å². The van der Waals surface area contributed by atoms with Crippen molar-refractivity contribution >= 4 is 23.2 Å². The summed E-state index contributed by atoms with van der Waals surface area (Å²) in [7, 11) is 0. The highest BCUT2D eigenvalue weighted by Crippen LogP contribution is 2.39. The molecule has 0 spiro atoms. The first kappa shape index (κ1) is 13.7. The molecule has 1 aliphatic rings. The maximum atomic E-state index is 13.8. The first-order valence-electron chi connectivity index (χ1n) is 6.21. The monoisotopic (exact) mass is 307 g/mol. The molecule has 1 aliphatic heterocycles. The molecule has 0 saturated carbocycles. The molecule has 4 nitrogen and oxygen atoms in total. The molecular weight excluding hydrogens is 297 g/mol. The molecule has 3 rings (SSSR count). The van der Waals surface area contributed by atoms with Crippen LogP contribution in [-0.2, 0) is 0 Å². The van der Waals surface area contributed by atoms with Gasteiger partial charge in [0.2, 0.25) is 6.79 Å². The van der Waals surface area contributed by atoms with E-state index in [1.54, 1.807) is 25.1 Å². The van der Waals surface area contributed by atoms with Gasteiger partial charge in [-0.25, -0.2) is 4.39 Å². The van der Waals surface area contributed by atoms with Crippen molar-refractivity contribution < 1.29 is 18.7 Å². The first-order valence-corrected chi connectivity index (χ1v) is 6.59. The summed E-state index contributed by atoms with van der Waals surface area (Å²) < 4.78 is 24.2. The van der Waals surface area contributed by atoms with Crippen molar-refractivity contribution in [2.45, 2.75) is 6.92 Å². The van der Waals surface area contributed by atoms with Gasteiger partial charge in [-0.3, -0.25) is 4.79 Å². The minimum Gasteiger partial charge on any atom is -0.454 e. The molecular formula is C15H11ClFNO3. The summed E-state index contributed by atoms with van der Waals surface area (Å²) in [4.78, 5) is 12.1. The molecule has 0 aromatic heterocycles. The first-order chi connectivity index (χ1) is 10.0. The van der Waals surface area contributed by atoms with Crippen molar-refractivity contribution in [2.75, 3.05) is 12.1 Å². The zero-order chi connectivity index (χ0) is 15.0. The molecule has 0 unspecified atom stereocenters. The van der Waals surface area contributed by atoms with E-state index in [-0.39, 0.29) is 12.4 Å². The van der Waals surface area contributed by atoms with E-state index < -0.39 is 11.7 Å². The number of rotatable bonds is 2. The number of benzene rings is 2. The van der Waals surface area contributed by atoms with E-state index >= 15 is 0 Å². The minimum atomic E-state index is -0.579. The number of anilines is 1. The smallest absolute Gasteiger partial charge is 0.258 e. The second-order valence-corrected chi connectivity index (χ2v) is 5.03. The number of ether oxygens (including phenoxy) is 2. The van der Waals surface area contributed by atoms with Gasteiger partial charge in [0.1, 0.15) is 5.82 Å². The van der Waals surface area contributed by atoms with E-state index in [0.717, 1.165) is 5.56 Å². The Labute approximate surface area is 125 Å². The van der Waals surface area contributed by atoms with Crippen LogP contribution < -0.4 is 14.8 Å². The highest BCUT2D eigenvalue weighted by Gasteiger charge is 2.19. The second-order valence-electron chi connectivity index (χ2n) is 4.62. The molecule has 0 atom stereocenters. The van der Waals surface area contributed by atoms with Gasteiger partial charge in [-0.2, -0.15) is 0 Å². The Morgan fingerprint density at radius 1 is 1.24 bits per heavy atom. The number of carbonyl (C=O) groups is 1. The molecule has 2 aromatic carbocycles. The molecule has 2 aromatic rings. The fraction of sp³-hybridized carbons (Fsp3) is 0.133. The van der Waals surface area contributed by atoms with Gasteiger partial charge in [0.25, 0.3) is 5.91 Å². The summed E-state index contributed by atoms with van der Waals surface area (Å²) in [5, 5.41) is 2.86. The van der Waals surface area contributed by atoms with E-state index in [9.17, 15) is 9.18 Å². The number of nitrogens with one attached hydrogen (secondary N) is 1. The Morgan fingerprint density at radius 3 is 2.67 bits per heavy atom. The largest absolute Gasteiger partial charge is 0.454 e. The predicted molar refractivity (Wildman–Crippen MR) is 76.7 cm³/mol. The van der Waals surface area contributed by atoms with Crippen LogP contribution in [0.5, 0.6) is 11.5 Å². The zero-order valence-electron chi connectivity index (χ0n) is 11.1. The van der Waals surface area contributed by atoms with Gasteiger partial charge in [-0.1, -0.05) is 17.7 Å². The zero-order valence-corrected chi connectivity index (χ0v) is 11.8. The topological polar surface area (TPSA) is 47.6 Å². The molecule has 1 amide bonds. The summed E-state index contributed by atoms with van der Waals surface area (Å²) in [5.74, 6) is -0.156. The van der Waals surface area contributed by atoms with Crippen LogP contribution in [0.15, 0.2) is 30.3 Å². The summed E-state index contributed by atoms with van der Waals surface area (Å²) in [6.45, 7) is 1.86. The second kappa shape index (κ2) is 5.26. The van der Waals surface area contributed by atoms with E-state index in [4.69, 9.17) is 21.1 Å². The minimum absolute atomic E-state index is 0.0469. The number of amides is 1. The Morgan fingerprint density at radius 2 is 1.95 bits per heavy atom. The van der Waals surface area contributed by atoms with Gasteiger partial charge in [0.05, 0.1) is 16.3 Å². The van der Waals surface area contributed by atoms with Crippen LogP contribution in [0.1, 0.15) is 15.9 Å². The molecule has 0 saturated heterocycles. The van der Waals surface area contributed by atoms with E-state index in [1.165, 1.54) is 12.1 Å². The average Bonchev–Trinajstić information content (AvgIpc) is 2.86. The molecule has 0 fully saturated rings. The van der Waals surface area contributed by atoms with Crippen molar-refractivity contribution in [1.82, 2.24) is 0 Å². The van der Waals surface area contributed by atoms with Gasteiger partial charge in [-0.05, 0) is 24.6 Å². The molecule has 1 N–H and O–H groups in total. The lowest BCUT2D eigenvalue weighted by molar-refractivity contribution is 0.102. The van der Waals surface area contributed by atoms with Crippen LogP contribution in [0.3, 0.4) is 0 Å². The summed E-state index contributed by atoms with van der Waals surface area (Å²) >= 11 is 6.06. The van der Waals surface area contributed by atoms with Gasteiger partial charge >= 0.3 is 0 Å². The highest BCUT2D eigenvalue weighted by atomic mass is 35.5. The quantitative estimate of drug-likeness (QED) is 0.918. The Balaban J connectivity index is 1.88. The number of fused-ring (bicyclic) bond motifs is 1. The van der Waals surface area contributed by atoms with Crippen molar-refractivity contribution in [3.8, 4) is 11.5 Å². The molecule has 6 heteroatoms. The normalized spacial score (nSPS) is 12.3. The third kappa shape index (κ3) is 2.64. The molecule has 0 radical (unpaired) electrons. The Hall–Kier alpha value is -2.27. The van der Waals surface area contributed by atoms with Gasteiger partial charge in [0, 0.05) is 12.1 Å². The number of halogens is 2. The number of carbonyl (C=O) groups excluding carboxylic acids is 1. The van der Waals surface area contributed by atoms with Crippen molar-refractivity contribution in [2.24, 2.45) is 0 Å². The SMILES string of the molecule is Cc1ccc(C(=O)Nc2cc3c(cc2Cl)OCO3)c(F)c1. The van der Waals surface area contributed by atoms with Crippen molar-refractivity contribution in [3.63, 3.8) is 0 Å². The molecule has 21 heavy (non-hydrogen) atoms. The molecule has 1 heterocycles. The summed E-state index contributed by atoms with van der Waals surface area (Å²) in [6.07, 6.45) is 0. The lowest BCUT2D eigenvalue weighted by Gasteiger charge is -2.09. The van der Waals surface area contributed by atoms with Crippen LogP contribution in [0, 0.1) is 12.7 Å². The van der Waals surface area contributed by atoms with Crippen LogP contribution in [0.4, 0.5) is 10.1 Å². The molecule has 108 valence electrons. The summed E-state index contributed by atoms with van der Waals surface area (Å²) in [5.41, 5.74) is 1.03. The standard InChI is InChI=1S/C15H11ClFNO3/c1-8-2-3-9(11(17)4-8)15(19)18-12-6-14-13(5-10(12)16)20-7-21-14/h2-6H,7H2,1H3,(H,18,19).